The van der Waals surface area contributed by atoms with E-state index in [1.165, 1.54) is 18.7 Å². The number of benzene rings is 1. The number of likely N-dealkylation sites (N-methyl/N-ethyl adjacent to an activating group) is 1. The Morgan fingerprint density at radius 3 is 2.75 bits per heavy atom. The topological polar surface area (TPSA) is 38.5 Å². The van der Waals surface area contributed by atoms with Crippen molar-refractivity contribution in [2.75, 3.05) is 20.7 Å². The van der Waals surface area contributed by atoms with Crippen molar-refractivity contribution in [3.05, 3.63) is 52.0 Å². The summed E-state index contributed by atoms with van der Waals surface area (Å²) in [5.74, 6) is -0.0996. The molecule has 1 unspecified atom stereocenters. The van der Waals surface area contributed by atoms with Gasteiger partial charge in [-0.15, -0.1) is 0 Å². The van der Waals surface area contributed by atoms with Gasteiger partial charge in [-0.2, -0.15) is 11.3 Å². The molecule has 1 aromatic carbocycles. The summed E-state index contributed by atoms with van der Waals surface area (Å²) >= 11 is 1.67. The van der Waals surface area contributed by atoms with Crippen molar-refractivity contribution < 1.29 is 9.13 Å². The van der Waals surface area contributed by atoms with E-state index in [-0.39, 0.29) is 17.6 Å². The standard InChI is InChI=1S/C15H19FN2OS/c1-18(9-11-5-6-20-10-11)14(8-17)12-3-4-15(19-2)13(16)7-12/h3-7,10,14H,8-9,17H2,1-2H3. The number of halogens is 1. The molecular weight excluding hydrogens is 275 g/mol. The lowest BCUT2D eigenvalue weighted by atomic mass is 10.0. The van der Waals surface area contributed by atoms with Crippen molar-refractivity contribution in [1.29, 1.82) is 0 Å². The molecule has 2 N–H and O–H groups in total. The Hall–Kier alpha value is -1.43. The van der Waals surface area contributed by atoms with Crippen molar-refractivity contribution in [1.82, 2.24) is 4.90 Å². The molecule has 1 heterocycles. The summed E-state index contributed by atoms with van der Waals surface area (Å²) in [6.45, 7) is 1.23. The number of thiophene rings is 1. The lowest BCUT2D eigenvalue weighted by Crippen LogP contribution is -2.30. The SMILES string of the molecule is COc1ccc(C(CN)N(C)Cc2ccsc2)cc1F. The van der Waals surface area contributed by atoms with Crippen LogP contribution < -0.4 is 10.5 Å². The second kappa shape index (κ2) is 6.83. The first-order valence-electron chi connectivity index (χ1n) is 6.40. The van der Waals surface area contributed by atoms with Gasteiger partial charge in [-0.3, -0.25) is 4.90 Å². The number of nitrogens with zero attached hydrogens (tertiary/aromatic N) is 1. The first-order valence-corrected chi connectivity index (χ1v) is 7.34. The molecule has 0 saturated carbocycles. The molecule has 0 amide bonds. The Balaban J connectivity index is 2.16. The van der Waals surface area contributed by atoms with E-state index in [2.05, 4.69) is 16.3 Å². The maximum absolute atomic E-state index is 13.8. The van der Waals surface area contributed by atoms with Crippen molar-refractivity contribution in [3.8, 4) is 5.75 Å². The molecule has 3 nitrogen and oxygen atoms in total. The van der Waals surface area contributed by atoms with E-state index in [4.69, 9.17) is 10.5 Å². The van der Waals surface area contributed by atoms with Gasteiger partial charge in [-0.1, -0.05) is 6.07 Å². The number of ether oxygens (including phenoxy) is 1. The molecule has 0 saturated heterocycles. The van der Waals surface area contributed by atoms with Gasteiger partial charge in [0.2, 0.25) is 0 Å². The fourth-order valence-electron chi connectivity index (χ4n) is 2.24. The molecule has 0 radical (unpaired) electrons. The zero-order valence-corrected chi connectivity index (χ0v) is 12.5. The molecule has 20 heavy (non-hydrogen) atoms. The highest BCUT2D eigenvalue weighted by Gasteiger charge is 2.17. The third kappa shape index (κ3) is 3.36. The molecule has 0 aliphatic heterocycles. The van der Waals surface area contributed by atoms with Gasteiger partial charge in [-0.05, 0) is 47.1 Å². The summed E-state index contributed by atoms with van der Waals surface area (Å²) in [4.78, 5) is 2.13. The van der Waals surface area contributed by atoms with Crippen LogP contribution >= 0.6 is 11.3 Å². The number of nitrogens with two attached hydrogens (primary N) is 1. The van der Waals surface area contributed by atoms with Crippen LogP contribution in [0.25, 0.3) is 0 Å². The van der Waals surface area contributed by atoms with Crippen LogP contribution in [0.5, 0.6) is 5.75 Å². The van der Waals surface area contributed by atoms with E-state index in [1.54, 1.807) is 17.4 Å². The summed E-state index contributed by atoms with van der Waals surface area (Å²) in [7, 11) is 3.46. The van der Waals surface area contributed by atoms with E-state index in [1.807, 2.05) is 18.5 Å². The van der Waals surface area contributed by atoms with Gasteiger partial charge in [0.15, 0.2) is 11.6 Å². The Bertz CT molecular complexity index is 545. The molecule has 5 heteroatoms. The average Bonchev–Trinajstić information content (AvgIpc) is 2.92. The van der Waals surface area contributed by atoms with Crippen molar-refractivity contribution in [3.63, 3.8) is 0 Å². The van der Waals surface area contributed by atoms with Crippen LogP contribution in [-0.2, 0) is 6.54 Å². The summed E-state index contributed by atoms with van der Waals surface area (Å²) in [6.07, 6.45) is 0. The third-order valence-corrected chi connectivity index (χ3v) is 4.06. The molecule has 0 aliphatic rings. The molecule has 0 bridgehead atoms. The van der Waals surface area contributed by atoms with E-state index < -0.39 is 0 Å². The minimum Gasteiger partial charge on any atom is -0.494 e. The van der Waals surface area contributed by atoms with Crippen molar-refractivity contribution in [2.24, 2.45) is 5.73 Å². The highest BCUT2D eigenvalue weighted by Crippen LogP contribution is 2.25. The predicted molar refractivity (Wildman–Crippen MR) is 80.5 cm³/mol. The van der Waals surface area contributed by atoms with Crippen LogP contribution in [0.4, 0.5) is 4.39 Å². The Morgan fingerprint density at radius 1 is 1.40 bits per heavy atom. The van der Waals surface area contributed by atoms with Gasteiger partial charge >= 0.3 is 0 Å². The van der Waals surface area contributed by atoms with Crippen LogP contribution in [0.3, 0.4) is 0 Å². The molecule has 1 atom stereocenters. The zero-order valence-electron chi connectivity index (χ0n) is 11.7. The number of hydrogen-bond acceptors (Lipinski definition) is 4. The van der Waals surface area contributed by atoms with Gasteiger partial charge in [-0.25, -0.2) is 4.39 Å². The molecule has 0 spiro atoms. The highest BCUT2D eigenvalue weighted by molar-refractivity contribution is 7.07. The largest absolute Gasteiger partial charge is 0.494 e. The third-order valence-electron chi connectivity index (χ3n) is 3.33. The molecule has 2 rings (SSSR count). The molecule has 2 aromatic rings. The number of methoxy groups -OCH3 is 1. The van der Waals surface area contributed by atoms with Crippen LogP contribution in [0.2, 0.25) is 0 Å². The monoisotopic (exact) mass is 294 g/mol. The first-order chi connectivity index (χ1) is 9.65. The number of rotatable bonds is 6. The fourth-order valence-corrected chi connectivity index (χ4v) is 2.90. The maximum Gasteiger partial charge on any atom is 0.165 e. The van der Waals surface area contributed by atoms with Gasteiger partial charge in [0.05, 0.1) is 7.11 Å². The van der Waals surface area contributed by atoms with Crippen LogP contribution in [0.15, 0.2) is 35.0 Å². The molecule has 1 aromatic heterocycles. The van der Waals surface area contributed by atoms with Crippen LogP contribution in [0, 0.1) is 5.82 Å². The van der Waals surface area contributed by atoms with Gasteiger partial charge < -0.3 is 10.5 Å². The van der Waals surface area contributed by atoms with Gasteiger partial charge in [0.25, 0.3) is 0 Å². The molecule has 0 fully saturated rings. The normalized spacial score (nSPS) is 12.7. The van der Waals surface area contributed by atoms with Gasteiger partial charge in [0, 0.05) is 19.1 Å². The summed E-state index contributed by atoms with van der Waals surface area (Å²) < 4.78 is 18.7. The predicted octanol–water partition coefficient (Wildman–Crippen LogP) is 3.03. The van der Waals surface area contributed by atoms with Crippen LogP contribution in [0.1, 0.15) is 17.2 Å². The Morgan fingerprint density at radius 2 is 2.20 bits per heavy atom. The second-order valence-electron chi connectivity index (χ2n) is 4.69. The van der Waals surface area contributed by atoms with Gasteiger partial charge in [0.1, 0.15) is 0 Å². The summed E-state index contributed by atoms with van der Waals surface area (Å²) in [5, 5.41) is 4.16. The van der Waals surface area contributed by atoms with Crippen molar-refractivity contribution >= 4 is 11.3 Å². The minimum absolute atomic E-state index is 0.0182. The van der Waals surface area contributed by atoms with E-state index in [0.717, 1.165) is 12.1 Å². The first kappa shape index (κ1) is 15.0. The van der Waals surface area contributed by atoms with E-state index >= 15 is 0 Å². The summed E-state index contributed by atoms with van der Waals surface area (Å²) in [6, 6.07) is 7.08. The highest BCUT2D eigenvalue weighted by atomic mass is 32.1. The Labute approximate surface area is 122 Å². The lowest BCUT2D eigenvalue weighted by molar-refractivity contribution is 0.241. The van der Waals surface area contributed by atoms with E-state index in [0.29, 0.717) is 6.54 Å². The molecule has 0 aliphatic carbocycles. The quantitative estimate of drug-likeness (QED) is 0.890. The molecule has 108 valence electrons. The Kier molecular flexibility index (Phi) is 5.11. The molecular formula is C15H19FN2OS. The fraction of sp³-hybridized carbons (Fsp3) is 0.333. The van der Waals surface area contributed by atoms with E-state index in [9.17, 15) is 4.39 Å². The van der Waals surface area contributed by atoms with Crippen LogP contribution in [-0.4, -0.2) is 25.6 Å². The van der Waals surface area contributed by atoms with Crippen molar-refractivity contribution in [2.45, 2.75) is 12.6 Å². The zero-order chi connectivity index (χ0) is 14.5. The summed E-state index contributed by atoms with van der Waals surface area (Å²) in [5.41, 5.74) is 7.97. The second-order valence-corrected chi connectivity index (χ2v) is 5.47. The maximum atomic E-state index is 13.8. The number of hydrogen-bond donors (Lipinski definition) is 1. The smallest absolute Gasteiger partial charge is 0.165 e. The average molecular weight is 294 g/mol. The lowest BCUT2D eigenvalue weighted by Gasteiger charge is -2.27. The minimum atomic E-state index is -0.354.